The molecule has 1 aromatic heterocycles. The molecule has 0 saturated carbocycles. The van der Waals surface area contributed by atoms with E-state index < -0.39 is 11.9 Å². The first-order valence-electron chi connectivity index (χ1n) is 11.3. The Morgan fingerprint density at radius 3 is 2.54 bits per heavy atom. The van der Waals surface area contributed by atoms with Gasteiger partial charge >= 0.3 is 0 Å². The standard InChI is InChI=1S/C28H25ClFN3O2/c1-4-34-21-14-22(26(30)25(15-21)35-17(2)3)28(32-20-11-8-18(16-31)9-12-20)24-13-10-19-6-5-7-23(29)27(19)33-24/h5-15,17,28,32H,4H2,1-3H3. The number of nitriles is 1. The number of fused-ring (bicyclic) bond motifs is 1. The SMILES string of the molecule is CCOc1cc(OC(C)C)c(F)c(C(Nc2ccc(C#N)cc2)c2ccc3cccc(Cl)c3n2)c1. The molecule has 0 radical (unpaired) electrons. The summed E-state index contributed by atoms with van der Waals surface area (Å²) in [5.74, 6) is 0.0887. The van der Waals surface area contributed by atoms with Gasteiger partial charge in [-0.3, -0.25) is 0 Å². The van der Waals surface area contributed by atoms with Crippen LogP contribution in [0.25, 0.3) is 10.9 Å². The van der Waals surface area contributed by atoms with E-state index in [1.54, 1.807) is 42.5 Å². The molecular formula is C28H25ClFN3O2. The number of hydrogen-bond acceptors (Lipinski definition) is 5. The lowest BCUT2D eigenvalue weighted by Gasteiger charge is -2.23. The van der Waals surface area contributed by atoms with Crippen molar-refractivity contribution in [2.24, 2.45) is 0 Å². The zero-order valence-electron chi connectivity index (χ0n) is 19.7. The summed E-state index contributed by atoms with van der Waals surface area (Å²) in [6.07, 6.45) is -0.225. The van der Waals surface area contributed by atoms with Crippen molar-refractivity contribution in [1.29, 1.82) is 5.26 Å². The van der Waals surface area contributed by atoms with Crippen LogP contribution in [0.1, 0.15) is 43.6 Å². The molecule has 1 N–H and O–H groups in total. The first-order chi connectivity index (χ1) is 16.9. The molecule has 7 heteroatoms. The Bertz CT molecular complexity index is 1380. The molecule has 178 valence electrons. The summed E-state index contributed by atoms with van der Waals surface area (Å²) in [6, 6.07) is 20.9. The Kier molecular flexibility index (Phi) is 7.38. The maximum absolute atomic E-state index is 15.9. The van der Waals surface area contributed by atoms with Crippen LogP contribution in [0.2, 0.25) is 5.02 Å². The van der Waals surface area contributed by atoms with E-state index in [1.165, 1.54) is 0 Å². The largest absolute Gasteiger partial charge is 0.494 e. The van der Waals surface area contributed by atoms with E-state index in [4.69, 9.17) is 31.3 Å². The molecular weight excluding hydrogens is 465 g/mol. The molecule has 0 aliphatic rings. The van der Waals surface area contributed by atoms with Gasteiger partial charge in [0.15, 0.2) is 11.6 Å². The van der Waals surface area contributed by atoms with Gasteiger partial charge in [0.2, 0.25) is 0 Å². The van der Waals surface area contributed by atoms with Gasteiger partial charge in [-0.1, -0.05) is 29.8 Å². The van der Waals surface area contributed by atoms with Crippen molar-refractivity contribution in [3.05, 3.63) is 94.4 Å². The van der Waals surface area contributed by atoms with Gasteiger partial charge in [0.05, 0.1) is 46.6 Å². The summed E-state index contributed by atoms with van der Waals surface area (Å²) in [4.78, 5) is 4.79. The second-order valence-electron chi connectivity index (χ2n) is 8.24. The van der Waals surface area contributed by atoms with Gasteiger partial charge in [-0.25, -0.2) is 9.37 Å². The van der Waals surface area contributed by atoms with Crippen LogP contribution in [-0.2, 0) is 0 Å². The number of benzene rings is 3. The minimum absolute atomic E-state index is 0.103. The highest BCUT2D eigenvalue weighted by atomic mass is 35.5. The van der Waals surface area contributed by atoms with Crippen LogP contribution in [0.5, 0.6) is 11.5 Å². The highest BCUT2D eigenvalue weighted by molar-refractivity contribution is 6.35. The molecule has 4 aromatic rings. The van der Waals surface area contributed by atoms with Crippen LogP contribution >= 0.6 is 11.6 Å². The second-order valence-corrected chi connectivity index (χ2v) is 8.65. The smallest absolute Gasteiger partial charge is 0.171 e. The molecule has 0 aliphatic heterocycles. The van der Waals surface area contributed by atoms with Gasteiger partial charge < -0.3 is 14.8 Å². The maximum atomic E-state index is 15.9. The number of anilines is 1. The minimum atomic E-state index is -0.696. The van der Waals surface area contributed by atoms with Crippen molar-refractivity contribution in [2.75, 3.05) is 11.9 Å². The molecule has 35 heavy (non-hydrogen) atoms. The number of halogens is 2. The van der Waals surface area contributed by atoms with Crippen LogP contribution in [0, 0.1) is 17.1 Å². The number of rotatable bonds is 8. The third-order valence-corrected chi connectivity index (χ3v) is 5.64. The van der Waals surface area contributed by atoms with Crippen molar-refractivity contribution < 1.29 is 13.9 Å². The van der Waals surface area contributed by atoms with Crippen LogP contribution < -0.4 is 14.8 Å². The Balaban J connectivity index is 1.89. The predicted octanol–water partition coefficient (Wildman–Crippen LogP) is 7.29. The second kappa shape index (κ2) is 10.6. The fourth-order valence-electron chi connectivity index (χ4n) is 3.80. The molecule has 5 nitrogen and oxygen atoms in total. The average molecular weight is 490 g/mol. The van der Waals surface area contributed by atoms with Crippen molar-refractivity contribution in [2.45, 2.75) is 32.9 Å². The summed E-state index contributed by atoms with van der Waals surface area (Å²) in [7, 11) is 0. The van der Waals surface area contributed by atoms with Gasteiger partial charge in [-0.05, 0) is 63.2 Å². The van der Waals surface area contributed by atoms with E-state index in [2.05, 4.69) is 11.4 Å². The van der Waals surface area contributed by atoms with E-state index >= 15 is 4.39 Å². The van der Waals surface area contributed by atoms with Crippen molar-refractivity contribution >= 4 is 28.2 Å². The number of hydrogen-bond donors (Lipinski definition) is 1. The molecule has 0 bridgehead atoms. The lowest BCUT2D eigenvalue weighted by atomic mass is 9.99. The molecule has 0 aliphatic carbocycles. The van der Waals surface area contributed by atoms with E-state index in [-0.39, 0.29) is 11.9 Å². The van der Waals surface area contributed by atoms with Crippen molar-refractivity contribution in [3.8, 4) is 17.6 Å². The molecule has 1 unspecified atom stereocenters. The summed E-state index contributed by atoms with van der Waals surface area (Å²) >= 11 is 6.43. The fraction of sp³-hybridized carbons (Fsp3) is 0.214. The van der Waals surface area contributed by atoms with Crippen LogP contribution in [0.3, 0.4) is 0 Å². The molecule has 0 spiro atoms. The third kappa shape index (κ3) is 5.47. The molecule has 0 fully saturated rings. The minimum Gasteiger partial charge on any atom is -0.494 e. The van der Waals surface area contributed by atoms with E-state index in [0.29, 0.717) is 45.4 Å². The highest BCUT2D eigenvalue weighted by Crippen LogP contribution is 2.37. The third-order valence-electron chi connectivity index (χ3n) is 5.34. The number of pyridine rings is 1. The van der Waals surface area contributed by atoms with Gasteiger partial charge in [0.25, 0.3) is 0 Å². The Hall–Kier alpha value is -3.82. The lowest BCUT2D eigenvalue weighted by Crippen LogP contribution is -2.17. The van der Waals surface area contributed by atoms with Crippen LogP contribution in [0.4, 0.5) is 10.1 Å². The van der Waals surface area contributed by atoms with Crippen LogP contribution in [-0.4, -0.2) is 17.7 Å². The predicted molar refractivity (Wildman–Crippen MR) is 137 cm³/mol. The topological polar surface area (TPSA) is 67.2 Å². The average Bonchev–Trinajstić information content (AvgIpc) is 2.85. The van der Waals surface area contributed by atoms with E-state index in [1.807, 2.05) is 45.0 Å². The number of nitrogens with zero attached hydrogens (tertiary/aromatic N) is 2. The molecule has 0 saturated heterocycles. The van der Waals surface area contributed by atoms with E-state index in [9.17, 15) is 0 Å². The monoisotopic (exact) mass is 489 g/mol. The Morgan fingerprint density at radius 2 is 1.86 bits per heavy atom. The zero-order valence-corrected chi connectivity index (χ0v) is 20.4. The number of aromatic nitrogens is 1. The molecule has 4 rings (SSSR count). The van der Waals surface area contributed by atoms with Gasteiger partial charge in [-0.15, -0.1) is 0 Å². The molecule has 1 atom stereocenters. The van der Waals surface area contributed by atoms with E-state index in [0.717, 1.165) is 5.39 Å². The van der Waals surface area contributed by atoms with Gasteiger partial charge in [0.1, 0.15) is 5.75 Å². The Labute approximate surface area is 209 Å². The first-order valence-corrected chi connectivity index (χ1v) is 11.7. The normalized spacial score (nSPS) is 11.8. The quantitative estimate of drug-likeness (QED) is 0.281. The van der Waals surface area contributed by atoms with Crippen molar-refractivity contribution in [1.82, 2.24) is 4.98 Å². The van der Waals surface area contributed by atoms with Crippen LogP contribution in [0.15, 0.2) is 66.7 Å². The molecule has 3 aromatic carbocycles. The summed E-state index contributed by atoms with van der Waals surface area (Å²) in [6.45, 7) is 5.97. The summed E-state index contributed by atoms with van der Waals surface area (Å²) in [5.41, 5.74) is 2.73. The van der Waals surface area contributed by atoms with Gasteiger partial charge in [-0.2, -0.15) is 5.26 Å². The number of ether oxygens (including phenoxy) is 2. The Morgan fingerprint density at radius 1 is 1.09 bits per heavy atom. The molecule has 0 amide bonds. The summed E-state index contributed by atoms with van der Waals surface area (Å²) in [5, 5.41) is 13.9. The highest BCUT2D eigenvalue weighted by Gasteiger charge is 2.25. The maximum Gasteiger partial charge on any atom is 0.171 e. The fourth-order valence-corrected chi connectivity index (χ4v) is 4.02. The lowest BCUT2D eigenvalue weighted by molar-refractivity contribution is 0.228. The first kappa shape index (κ1) is 24.3. The zero-order chi connectivity index (χ0) is 24.9. The van der Waals surface area contributed by atoms with Crippen molar-refractivity contribution in [3.63, 3.8) is 0 Å². The van der Waals surface area contributed by atoms with Gasteiger partial charge in [0, 0.05) is 22.7 Å². The number of nitrogens with one attached hydrogen (secondary N) is 1. The number of para-hydroxylation sites is 1. The molecule has 1 heterocycles. The summed E-state index contributed by atoms with van der Waals surface area (Å²) < 4.78 is 27.4.